The predicted octanol–water partition coefficient (Wildman–Crippen LogP) is 4.88. The number of thiocarbonyl (C=S) groups is 1. The van der Waals surface area contributed by atoms with Crippen molar-refractivity contribution >= 4 is 23.0 Å². The van der Waals surface area contributed by atoms with Crippen LogP contribution in [0.15, 0.2) is 18.2 Å². The van der Waals surface area contributed by atoms with Gasteiger partial charge in [-0.25, -0.2) is 0 Å². The van der Waals surface area contributed by atoms with Gasteiger partial charge in [-0.05, 0) is 57.4 Å². The fraction of sp³-hybridized carbons (Fsp3) is 0.588. The molecule has 1 saturated carbocycles. The minimum absolute atomic E-state index is 0.00111. The Labute approximate surface area is 159 Å². The molecule has 0 spiro atoms. The zero-order valence-corrected chi connectivity index (χ0v) is 15.7. The Hall–Kier alpha value is -1.55. The lowest BCUT2D eigenvalue weighted by atomic mass is 9.90. The standard InChI is InChI=1S/C17H21F6N3S/c1-26(2)14-6-4-3-5-13(14)25-15(27)24-12-8-10(16(18,19)20)7-11(9-12)17(21,22)23/h7-9,13-14H,3-6H2,1-2H3,(H2,24,25,27)/t13-,14?/m1/s1. The molecule has 0 amide bonds. The van der Waals surface area contributed by atoms with Crippen molar-refractivity contribution in [2.24, 2.45) is 0 Å². The number of rotatable bonds is 3. The quantitative estimate of drug-likeness (QED) is 0.546. The van der Waals surface area contributed by atoms with Gasteiger partial charge in [0.15, 0.2) is 5.11 Å². The van der Waals surface area contributed by atoms with E-state index < -0.39 is 23.5 Å². The van der Waals surface area contributed by atoms with Gasteiger partial charge in [-0.2, -0.15) is 26.3 Å². The minimum Gasteiger partial charge on any atom is -0.358 e. The Morgan fingerprint density at radius 1 is 0.963 bits per heavy atom. The summed E-state index contributed by atoms with van der Waals surface area (Å²) in [5.74, 6) is 0. The van der Waals surface area contributed by atoms with E-state index in [1.807, 2.05) is 19.0 Å². The van der Waals surface area contributed by atoms with Gasteiger partial charge in [-0.3, -0.25) is 0 Å². The van der Waals surface area contributed by atoms with Crippen LogP contribution in [0.1, 0.15) is 36.8 Å². The smallest absolute Gasteiger partial charge is 0.358 e. The summed E-state index contributed by atoms with van der Waals surface area (Å²) in [7, 11) is 3.84. The van der Waals surface area contributed by atoms with Crippen molar-refractivity contribution < 1.29 is 26.3 Å². The second-order valence-corrected chi connectivity index (χ2v) is 7.22. The lowest BCUT2D eigenvalue weighted by Crippen LogP contribution is -2.52. The number of hydrogen-bond acceptors (Lipinski definition) is 2. The van der Waals surface area contributed by atoms with E-state index in [0.29, 0.717) is 12.1 Å². The maximum atomic E-state index is 12.9. The van der Waals surface area contributed by atoms with Crippen molar-refractivity contribution in [2.45, 2.75) is 50.1 Å². The monoisotopic (exact) mass is 413 g/mol. The van der Waals surface area contributed by atoms with Crippen LogP contribution in [0.2, 0.25) is 0 Å². The van der Waals surface area contributed by atoms with Gasteiger partial charge in [0, 0.05) is 17.8 Å². The van der Waals surface area contributed by atoms with Crippen LogP contribution in [-0.4, -0.2) is 36.2 Å². The molecule has 152 valence electrons. The largest absolute Gasteiger partial charge is 0.416 e. The molecule has 27 heavy (non-hydrogen) atoms. The van der Waals surface area contributed by atoms with Crippen molar-refractivity contribution in [3.63, 3.8) is 0 Å². The molecule has 1 aliphatic rings. The number of nitrogens with one attached hydrogen (secondary N) is 2. The van der Waals surface area contributed by atoms with Crippen LogP contribution >= 0.6 is 12.2 Å². The highest BCUT2D eigenvalue weighted by Gasteiger charge is 2.37. The molecule has 1 aromatic carbocycles. The first kappa shape index (κ1) is 21.7. The molecule has 0 bridgehead atoms. The van der Waals surface area contributed by atoms with E-state index in [4.69, 9.17) is 12.2 Å². The number of anilines is 1. The summed E-state index contributed by atoms with van der Waals surface area (Å²) in [6, 6.07) is 1.48. The molecule has 0 radical (unpaired) electrons. The zero-order valence-electron chi connectivity index (χ0n) is 14.8. The maximum absolute atomic E-state index is 12.9. The lowest BCUT2D eigenvalue weighted by molar-refractivity contribution is -0.143. The molecule has 0 heterocycles. The fourth-order valence-corrected chi connectivity index (χ4v) is 3.53. The van der Waals surface area contributed by atoms with Crippen molar-refractivity contribution in [3.05, 3.63) is 29.3 Å². The van der Waals surface area contributed by atoms with Crippen LogP contribution in [0.3, 0.4) is 0 Å². The van der Waals surface area contributed by atoms with Crippen molar-refractivity contribution in [3.8, 4) is 0 Å². The Morgan fingerprint density at radius 2 is 1.48 bits per heavy atom. The average Bonchev–Trinajstić information content (AvgIpc) is 2.53. The number of benzene rings is 1. The normalized spacial score (nSPS) is 21.2. The van der Waals surface area contributed by atoms with Gasteiger partial charge in [0.2, 0.25) is 0 Å². The van der Waals surface area contributed by atoms with Gasteiger partial charge >= 0.3 is 12.4 Å². The molecule has 2 N–H and O–H groups in total. The van der Waals surface area contributed by atoms with E-state index in [-0.39, 0.29) is 28.9 Å². The highest BCUT2D eigenvalue weighted by atomic mass is 32.1. The molecule has 0 aromatic heterocycles. The van der Waals surface area contributed by atoms with Gasteiger partial charge in [-0.1, -0.05) is 12.8 Å². The Bertz CT molecular complexity index is 639. The number of hydrogen-bond donors (Lipinski definition) is 2. The molecule has 1 fully saturated rings. The second-order valence-electron chi connectivity index (χ2n) is 6.81. The first-order valence-corrected chi connectivity index (χ1v) is 8.82. The molecule has 10 heteroatoms. The molecule has 3 nitrogen and oxygen atoms in total. The number of likely N-dealkylation sites (N-methyl/N-ethyl adjacent to an activating group) is 1. The van der Waals surface area contributed by atoms with Crippen LogP contribution < -0.4 is 10.6 Å². The SMILES string of the molecule is CN(C)C1CCCC[C@H]1NC(=S)Nc1cc(C(F)(F)F)cc(C(F)(F)F)c1. The summed E-state index contributed by atoms with van der Waals surface area (Å²) >= 11 is 5.13. The van der Waals surface area contributed by atoms with Gasteiger partial charge in [0.1, 0.15) is 0 Å². The fourth-order valence-electron chi connectivity index (χ4n) is 3.26. The molecule has 2 rings (SSSR count). The molecular weight excluding hydrogens is 392 g/mol. The molecule has 0 aliphatic heterocycles. The lowest BCUT2D eigenvalue weighted by Gasteiger charge is -2.37. The summed E-state index contributed by atoms with van der Waals surface area (Å²) < 4.78 is 77.6. The van der Waals surface area contributed by atoms with Gasteiger partial charge in [0.05, 0.1) is 11.1 Å². The molecule has 1 aliphatic carbocycles. The van der Waals surface area contributed by atoms with E-state index in [9.17, 15) is 26.3 Å². The highest BCUT2D eigenvalue weighted by molar-refractivity contribution is 7.80. The first-order valence-electron chi connectivity index (χ1n) is 8.41. The van der Waals surface area contributed by atoms with Crippen molar-refractivity contribution in [1.29, 1.82) is 0 Å². The molecule has 1 aromatic rings. The minimum atomic E-state index is -4.90. The molecular formula is C17H21F6N3S. The predicted molar refractivity (Wildman–Crippen MR) is 95.5 cm³/mol. The molecule has 2 atom stereocenters. The van der Waals surface area contributed by atoms with E-state index >= 15 is 0 Å². The van der Waals surface area contributed by atoms with E-state index in [2.05, 4.69) is 10.6 Å². The summed E-state index contributed by atoms with van der Waals surface area (Å²) in [5, 5.41) is 5.51. The van der Waals surface area contributed by atoms with E-state index in [0.717, 1.165) is 25.7 Å². The van der Waals surface area contributed by atoms with Crippen LogP contribution in [0.4, 0.5) is 32.0 Å². The van der Waals surface area contributed by atoms with Crippen LogP contribution in [0.5, 0.6) is 0 Å². The van der Waals surface area contributed by atoms with Crippen molar-refractivity contribution in [1.82, 2.24) is 10.2 Å². The van der Waals surface area contributed by atoms with E-state index in [1.165, 1.54) is 0 Å². The average molecular weight is 413 g/mol. The molecule has 0 saturated heterocycles. The summed E-state index contributed by atoms with van der Waals surface area (Å²) in [6.07, 6.45) is -6.00. The highest BCUT2D eigenvalue weighted by Crippen LogP contribution is 2.37. The third-order valence-corrected chi connectivity index (χ3v) is 4.77. The number of nitrogens with zero attached hydrogens (tertiary/aromatic N) is 1. The third-order valence-electron chi connectivity index (χ3n) is 4.55. The second kappa shape index (κ2) is 8.22. The summed E-state index contributed by atoms with van der Waals surface area (Å²) in [6.45, 7) is 0. The molecule has 1 unspecified atom stereocenters. The third kappa shape index (κ3) is 5.97. The topological polar surface area (TPSA) is 27.3 Å². The Balaban J connectivity index is 2.19. The van der Waals surface area contributed by atoms with Gasteiger partial charge < -0.3 is 15.5 Å². The van der Waals surface area contributed by atoms with E-state index in [1.54, 1.807) is 0 Å². The summed E-state index contributed by atoms with van der Waals surface area (Å²) in [4.78, 5) is 2.03. The van der Waals surface area contributed by atoms with Gasteiger partial charge in [-0.15, -0.1) is 0 Å². The first-order chi connectivity index (χ1) is 12.4. The zero-order chi connectivity index (χ0) is 20.4. The number of alkyl halides is 6. The number of halogens is 6. The Kier molecular flexibility index (Phi) is 6.62. The summed E-state index contributed by atoms with van der Waals surface area (Å²) in [5.41, 5.74) is -3.12. The van der Waals surface area contributed by atoms with Crippen LogP contribution in [-0.2, 0) is 12.4 Å². The van der Waals surface area contributed by atoms with Crippen molar-refractivity contribution in [2.75, 3.05) is 19.4 Å². The van der Waals surface area contributed by atoms with Crippen LogP contribution in [0.25, 0.3) is 0 Å². The van der Waals surface area contributed by atoms with Crippen LogP contribution in [0, 0.1) is 0 Å². The maximum Gasteiger partial charge on any atom is 0.416 e. The Morgan fingerprint density at radius 3 is 1.96 bits per heavy atom. The van der Waals surface area contributed by atoms with Gasteiger partial charge in [0.25, 0.3) is 0 Å².